The average molecular weight is 449 g/mol. The topological polar surface area (TPSA) is 84.1 Å². The van der Waals surface area contributed by atoms with Crippen LogP contribution < -0.4 is 15.6 Å². The molecule has 116 valence electrons. The van der Waals surface area contributed by atoms with E-state index in [1.54, 1.807) is 19.2 Å². The highest BCUT2D eigenvalue weighted by atomic mass is 79.9. The van der Waals surface area contributed by atoms with Crippen LogP contribution in [-0.4, -0.2) is 28.7 Å². The summed E-state index contributed by atoms with van der Waals surface area (Å²) in [6.45, 7) is 0. The minimum atomic E-state index is -0.251. The SMILES string of the molecule is COc1cc(Br)c(NC(=O)CSc2nccc(=O)[nH]2)c(Br)c1. The monoisotopic (exact) mass is 447 g/mol. The van der Waals surface area contributed by atoms with E-state index in [1.165, 1.54) is 12.3 Å². The molecule has 0 fully saturated rings. The largest absolute Gasteiger partial charge is 0.497 e. The van der Waals surface area contributed by atoms with Crippen molar-refractivity contribution in [2.75, 3.05) is 18.2 Å². The Kier molecular flexibility index (Phi) is 6.04. The lowest BCUT2D eigenvalue weighted by Gasteiger charge is -2.11. The van der Waals surface area contributed by atoms with E-state index in [9.17, 15) is 9.59 Å². The summed E-state index contributed by atoms with van der Waals surface area (Å²) in [4.78, 5) is 29.7. The van der Waals surface area contributed by atoms with Crippen LogP contribution in [0.15, 0.2) is 43.3 Å². The molecule has 0 radical (unpaired) electrons. The second-order valence-corrected chi connectivity index (χ2v) is 6.71. The van der Waals surface area contributed by atoms with E-state index >= 15 is 0 Å². The van der Waals surface area contributed by atoms with Crippen molar-refractivity contribution < 1.29 is 9.53 Å². The quantitative estimate of drug-likeness (QED) is 0.542. The van der Waals surface area contributed by atoms with Crippen molar-refractivity contribution in [2.24, 2.45) is 0 Å². The van der Waals surface area contributed by atoms with E-state index in [0.717, 1.165) is 11.8 Å². The van der Waals surface area contributed by atoms with Crippen LogP contribution in [0.1, 0.15) is 0 Å². The molecule has 0 bridgehead atoms. The van der Waals surface area contributed by atoms with Crippen LogP contribution in [0.5, 0.6) is 5.75 Å². The van der Waals surface area contributed by atoms with Crippen LogP contribution in [0.4, 0.5) is 5.69 Å². The minimum Gasteiger partial charge on any atom is -0.497 e. The van der Waals surface area contributed by atoms with E-state index in [4.69, 9.17) is 4.74 Å². The first kappa shape index (κ1) is 17.0. The maximum atomic E-state index is 12.0. The molecule has 0 saturated carbocycles. The number of carbonyl (C=O) groups is 1. The van der Waals surface area contributed by atoms with Gasteiger partial charge < -0.3 is 15.0 Å². The van der Waals surface area contributed by atoms with Gasteiger partial charge in [-0.15, -0.1) is 0 Å². The van der Waals surface area contributed by atoms with Gasteiger partial charge in [0, 0.05) is 21.2 Å². The number of anilines is 1. The van der Waals surface area contributed by atoms with Gasteiger partial charge in [0.05, 0.1) is 18.6 Å². The second kappa shape index (κ2) is 7.80. The van der Waals surface area contributed by atoms with Crippen molar-refractivity contribution in [3.05, 3.63) is 43.7 Å². The van der Waals surface area contributed by atoms with Crippen LogP contribution in [0.25, 0.3) is 0 Å². The van der Waals surface area contributed by atoms with Gasteiger partial charge in [-0.2, -0.15) is 0 Å². The number of hydrogen-bond acceptors (Lipinski definition) is 5. The number of amides is 1. The Morgan fingerprint density at radius 3 is 2.68 bits per heavy atom. The van der Waals surface area contributed by atoms with Gasteiger partial charge in [-0.05, 0) is 44.0 Å². The van der Waals surface area contributed by atoms with Gasteiger partial charge >= 0.3 is 0 Å². The number of benzene rings is 1. The molecule has 6 nitrogen and oxygen atoms in total. The standard InChI is InChI=1S/C13H11Br2N3O3S/c1-21-7-4-8(14)12(9(15)5-7)17-11(20)6-22-13-16-3-2-10(19)18-13/h2-5H,6H2,1H3,(H,17,20)(H,16,18,19). The number of thioether (sulfide) groups is 1. The normalized spacial score (nSPS) is 10.3. The van der Waals surface area contributed by atoms with Gasteiger partial charge in [0.2, 0.25) is 5.91 Å². The van der Waals surface area contributed by atoms with Gasteiger partial charge in [0.25, 0.3) is 5.56 Å². The first-order valence-corrected chi connectivity index (χ1v) is 8.58. The van der Waals surface area contributed by atoms with Crippen molar-refractivity contribution in [3.8, 4) is 5.75 Å². The third kappa shape index (κ3) is 4.59. The molecule has 1 heterocycles. The van der Waals surface area contributed by atoms with Gasteiger partial charge in [-0.1, -0.05) is 11.8 Å². The molecule has 1 aromatic carbocycles. The Hall–Kier alpha value is -1.32. The molecule has 0 aliphatic carbocycles. The minimum absolute atomic E-state index is 0.123. The molecule has 0 aliphatic heterocycles. The summed E-state index contributed by atoms with van der Waals surface area (Å²) < 4.78 is 6.53. The molecular weight excluding hydrogens is 438 g/mol. The summed E-state index contributed by atoms with van der Waals surface area (Å²) in [7, 11) is 1.57. The first-order valence-electron chi connectivity index (χ1n) is 6.00. The number of aromatic amines is 1. The highest BCUT2D eigenvalue weighted by Crippen LogP contribution is 2.35. The highest BCUT2D eigenvalue weighted by molar-refractivity contribution is 9.11. The number of carbonyl (C=O) groups excluding carboxylic acids is 1. The molecular formula is C13H11Br2N3O3S. The van der Waals surface area contributed by atoms with Crippen LogP contribution in [0.3, 0.4) is 0 Å². The number of methoxy groups -OCH3 is 1. The molecule has 1 aromatic heterocycles. The van der Waals surface area contributed by atoms with Crippen LogP contribution in [0, 0.1) is 0 Å². The van der Waals surface area contributed by atoms with E-state index < -0.39 is 0 Å². The van der Waals surface area contributed by atoms with Crippen LogP contribution in [-0.2, 0) is 4.79 Å². The number of H-pyrrole nitrogens is 1. The fourth-order valence-electron chi connectivity index (χ4n) is 1.52. The van der Waals surface area contributed by atoms with Crippen molar-refractivity contribution in [1.82, 2.24) is 9.97 Å². The number of nitrogens with zero attached hydrogens (tertiary/aromatic N) is 1. The predicted octanol–water partition coefficient (Wildman–Crippen LogP) is 3.03. The fraction of sp³-hybridized carbons (Fsp3) is 0.154. The lowest BCUT2D eigenvalue weighted by molar-refractivity contribution is -0.113. The molecule has 0 saturated heterocycles. The molecule has 0 unspecified atom stereocenters. The second-order valence-electron chi connectivity index (χ2n) is 4.04. The van der Waals surface area contributed by atoms with Crippen LogP contribution in [0.2, 0.25) is 0 Å². The van der Waals surface area contributed by atoms with Crippen molar-refractivity contribution >= 4 is 55.2 Å². The summed E-state index contributed by atoms with van der Waals surface area (Å²) in [6.07, 6.45) is 1.40. The van der Waals surface area contributed by atoms with Gasteiger partial charge in [0.15, 0.2) is 5.16 Å². The van der Waals surface area contributed by atoms with Crippen LogP contribution >= 0.6 is 43.6 Å². The molecule has 1 amide bonds. The smallest absolute Gasteiger partial charge is 0.251 e. The summed E-state index contributed by atoms with van der Waals surface area (Å²) in [5.41, 5.74) is 0.361. The molecule has 0 atom stereocenters. The first-order chi connectivity index (χ1) is 10.5. The third-order valence-electron chi connectivity index (χ3n) is 2.50. The van der Waals surface area contributed by atoms with E-state index in [0.29, 0.717) is 25.5 Å². The molecule has 0 spiro atoms. The lowest BCUT2D eigenvalue weighted by Crippen LogP contribution is -2.16. The van der Waals surface area contributed by atoms with Gasteiger partial charge in [-0.25, -0.2) is 4.98 Å². The number of ether oxygens (including phenoxy) is 1. The predicted molar refractivity (Wildman–Crippen MR) is 92.6 cm³/mol. The molecule has 9 heteroatoms. The Labute approximate surface area is 147 Å². The van der Waals surface area contributed by atoms with Gasteiger partial charge in [0.1, 0.15) is 5.75 Å². The average Bonchev–Trinajstić information content (AvgIpc) is 2.48. The zero-order valence-electron chi connectivity index (χ0n) is 11.4. The Bertz CT molecular complexity index is 728. The molecule has 22 heavy (non-hydrogen) atoms. The molecule has 2 N–H and O–H groups in total. The molecule has 2 aromatic rings. The number of hydrogen-bond donors (Lipinski definition) is 2. The van der Waals surface area contributed by atoms with Crippen molar-refractivity contribution in [3.63, 3.8) is 0 Å². The summed E-state index contributed by atoms with van der Waals surface area (Å²) in [5.74, 6) is 0.568. The third-order valence-corrected chi connectivity index (χ3v) is 4.64. The summed E-state index contributed by atoms with van der Waals surface area (Å²) in [5, 5.41) is 3.18. The van der Waals surface area contributed by atoms with E-state index in [2.05, 4.69) is 47.1 Å². The molecule has 0 aliphatic rings. The number of halogens is 2. The Balaban J connectivity index is 2.02. The lowest BCUT2D eigenvalue weighted by atomic mass is 10.3. The van der Waals surface area contributed by atoms with Crippen molar-refractivity contribution in [1.29, 1.82) is 0 Å². The Morgan fingerprint density at radius 2 is 2.09 bits per heavy atom. The zero-order chi connectivity index (χ0) is 16.1. The molecule has 2 rings (SSSR count). The van der Waals surface area contributed by atoms with Gasteiger partial charge in [-0.3, -0.25) is 9.59 Å². The van der Waals surface area contributed by atoms with E-state index in [1.807, 2.05) is 0 Å². The number of rotatable bonds is 5. The maximum Gasteiger partial charge on any atom is 0.251 e. The summed E-state index contributed by atoms with van der Waals surface area (Å²) >= 11 is 7.91. The fourth-order valence-corrected chi connectivity index (χ4v) is 3.51. The number of nitrogens with one attached hydrogen (secondary N) is 2. The maximum absolute atomic E-state index is 12.0. The van der Waals surface area contributed by atoms with E-state index in [-0.39, 0.29) is 17.2 Å². The highest BCUT2D eigenvalue weighted by Gasteiger charge is 2.12. The Morgan fingerprint density at radius 1 is 1.41 bits per heavy atom. The number of aromatic nitrogens is 2. The van der Waals surface area contributed by atoms with Crippen molar-refractivity contribution in [2.45, 2.75) is 5.16 Å². The summed E-state index contributed by atoms with van der Waals surface area (Å²) in [6, 6.07) is 4.82. The zero-order valence-corrected chi connectivity index (χ0v) is 15.3.